The third-order valence-corrected chi connectivity index (χ3v) is 4.06. The van der Waals surface area contributed by atoms with Gasteiger partial charge in [-0.3, -0.25) is 4.79 Å². The topological polar surface area (TPSA) is 67.6 Å². The largest absolute Gasteiger partial charge is 0.374 e. The molecule has 0 saturated carbocycles. The Morgan fingerprint density at radius 1 is 1.47 bits per heavy atom. The van der Waals surface area contributed by atoms with Crippen molar-refractivity contribution in [2.75, 3.05) is 39.8 Å². The number of amides is 1. The molecule has 114 valence electrons. The van der Waals surface area contributed by atoms with Crippen molar-refractivity contribution in [1.29, 1.82) is 0 Å². The van der Waals surface area contributed by atoms with Gasteiger partial charge < -0.3 is 20.7 Å². The van der Waals surface area contributed by atoms with Gasteiger partial charge in [0.25, 0.3) is 0 Å². The summed E-state index contributed by atoms with van der Waals surface area (Å²) in [5, 5.41) is 3.00. The lowest BCUT2D eigenvalue weighted by atomic mass is 9.81. The molecule has 0 aliphatic carbocycles. The highest BCUT2D eigenvalue weighted by Gasteiger charge is 2.33. The predicted octanol–water partition coefficient (Wildman–Crippen LogP) is 0.620. The molecule has 1 heterocycles. The van der Waals surface area contributed by atoms with Gasteiger partial charge in [0.15, 0.2) is 0 Å². The Hall–Kier alpha value is -0.360. The first-order valence-corrected chi connectivity index (χ1v) is 6.86. The van der Waals surface area contributed by atoms with Crippen molar-refractivity contribution in [3.63, 3.8) is 0 Å². The zero-order chi connectivity index (χ0) is 13.6. The summed E-state index contributed by atoms with van der Waals surface area (Å²) >= 11 is 0. The van der Waals surface area contributed by atoms with Crippen LogP contribution in [0.15, 0.2) is 0 Å². The molecule has 1 fully saturated rings. The number of carbonyl (C=O) groups is 1. The summed E-state index contributed by atoms with van der Waals surface area (Å²) in [5.74, 6) is 0.0619. The maximum Gasteiger partial charge on any atom is 0.227 e. The molecule has 5 nitrogen and oxygen atoms in total. The highest BCUT2D eigenvalue weighted by atomic mass is 35.5. The van der Waals surface area contributed by atoms with Gasteiger partial charge in [0.2, 0.25) is 5.91 Å². The van der Waals surface area contributed by atoms with Crippen LogP contribution >= 0.6 is 12.4 Å². The molecule has 0 aromatic rings. The Kier molecular flexibility index (Phi) is 8.57. The molecule has 6 heteroatoms. The monoisotopic (exact) mass is 293 g/mol. The van der Waals surface area contributed by atoms with Crippen LogP contribution in [0.3, 0.4) is 0 Å². The number of likely N-dealkylation sites (N-methyl/N-ethyl adjacent to an activating group) is 1. The van der Waals surface area contributed by atoms with Gasteiger partial charge in [-0.05, 0) is 19.9 Å². The van der Waals surface area contributed by atoms with Gasteiger partial charge in [0.1, 0.15) is 0 Å². The van der Waals surface area contributed by atoms with Crippen molar-refractivity contribution in [2.24, 2.45) is 11.1 Å². The summed E-state index contributed by atoms with van der Waals surface area (Å²) < 4.78 is 5.62. The van der Waals surface area contributed by atoms with E-state index >= 15 is 0 Å². The number of carbonyl (C=O) groups excluding carboxylic acids is 1. The second-order valence-corrected chi connectivity index (χ2v) is 5.16. The fourth-order valence-electron chi connectivity index (χ4n) is 2.34. The summed E-state index contributed by atoms with van der Waals surface area (Å²) in [6.45, 7) is 7.57. The molecule has 0 aromatic heterocycles. The first-order chi connectivity index (χ1) is 8.57. The quantitative estimate of drug-likeness (QED) is 0.753. The minimum absolute atomic E-state index is 0. The molecular formula is C13H28ClN3O2. The van der Waals surface area contributed by atoms with Crippen molar-refractivity contribution in [1.82, 2.24) is 10.2 Å². The predicted molar refractivity (Wildman–Crippen MR) is 79.6 cm³/mol. The Morgan fingerprint density at radius 3 is 2.58 bits per heavy atom. The summed E-state index contributed by atoms with van der Waals surface area (Å²) in [5.41, 5.74) is 5.34. The molecule has 1 unspecified atom stereocenters. The Bertz CT molecular complexity index is 264. The minimum Gasteiger partial charge on any atom is -0.374 e. The average Bonchev–Trinajstić information content (AvgIpc) is 2.39. The highest BCUT2D eigenvalue weighted by molar-refractivity contribution is 5.85. The molecule has 0 radical (unpaired) electrons. The molecule has 1 saturated heterocycles. The smallest absolute Gasteiger partial charge is 0.227 e. The molecule has 0 aromatic carbocycles. The second-order valence-electron chi connectivity index (χ2n) is 5.16. The van der Waals surface area contributed by atoms with Crippen LogP contribution in [0.2, 0.25) is 0 Å². The van der Waals surface area contributed by atoms with Crippen molar-refractivity contribution in [3.05, 3.63) is 0 Å². The number of rotatable bonds is 6. The molecule has 1 aliphatic heterocycles. The fraction of sp³-hybridized carbons (Fsp3) is 0.923. The lowest BCUT2D eigenvalue weighted by molar-refractivity contribution is -0.132. The van der Waals surface area contributed by atoms with Crippen molar-refractivity contribution in [2.45, 2.75) is 32.8 Å². The first-order valence-electron chi connectivity index (χ1n) is 6.86. The Labute approximate surface area is 122 Å². The third-order valence-electron chi connectivity index (χ3n) is 4.06. The van der Waals surface area contributed by atoms with E-state index in [1.54, 1.807) is 0 Å². The number of hydrogen-bond donors (Lipinski definition) is 2. The molecule has 1 amide bonds. The average molecular weight is 294 g/mol. The van der Waals surface area contributed by atoms with Crippen LogP contribution in [0.4, 0.5) is 0 Å². The van der Waals surface area contributed by atoms with E-state index in [9.17, 15) is 4.79 Å². The van der Waals surface area contributed by atoms with Gasteiger partial charge in [0, 0.05) is 26.2 Å². The van der Waals surface area contributed by atoms with Gasteiger partial charge in [0.05, 0.1) is 18.1 Å². The van der Waals surface area contributed by atoms with Gasteiger partial charge in [-0.25, -0.2) is 0 Å². The van der Waals surface area contributed by atoms with Crippen LogP contribution in [0.1, 0.15) is 26.7 Å². The van der Waals surface area contributed by atoms with E-state index in [0.717, 1.165) is 32.5 Å². The zero-order valence-electron chi connectivity index (χ0n) is 12.3. The Morgan fingerprint density at radius 2 is 2.11 bits per heavy atom. The number of nitrogens with two attached hydrogens (primary N) is 1. The van der Waals surface area contributed by atoms with E-state index in [2.05, 4.69) is 17.3 Å². The number of nitrogens with zero attached hydrogens (tertiary/aromatic N) is 1. The summed E-state index contributed by atoms with van der Waals surface area (Å²) in [6, 6.07) is 0. The van der Waals surface area contributed by atoms with E-state index in [0.29, 0.717) is 13.1 Å². The molecule has 19 heavy (non-hydrogen) atoms. The van der Waals surface area contributed by atoms with Crippen LogP contribution in [0.5, 0.6) is 0 Å². The minimum atomic E-state index is -0.416. The van der Waals surface area contributed by atoms with Crippen LogP contribution < -0.4 is 11.1 Å². The van der Waals surface area contributed by atoms with E-state index in [4.69, 9.17) is 10.5 Å². The molecule has 1 aliphatic rings. The van der Waals surface area contributed by atoms with Crippen molar-refractivity contribution < 1.29 is 9.53 Å². The number of halogens is 1. The van der Waals surface area contributed by atoms with E-state index in [-0.39, 0.29) is 24.4 Å². The molecule has 3 N–H and O–H groups in total. The maximum atomic E-state index is 12.2. The van der Waals surface area contributed by atoms with E-state index in [1.807, 2.05) is 13.8 Å². The molecule has 0 spiro atoms. The SMILES string of the molecule is CCC(CC)(CN)C(=O)NCC1CN(C)CCO1.Cl. The fourth-order valence-corrected chi connectivity index (χ4v) is 2.34. The van der Waals surface area contributed by atoms with Crippen LogP contribution in [0, 0.1) is 5.41 Å². The van der Waals surface area contributed by atoms with Gasteiger partial charge in [-0.15, -0.1) is 12.4 Å². The van der Waals surface area contributed by atoms with Gasteiger partial charge in [-0.1, -0.05) is 13.8 Å². The number of nitrogens with one attached hydrogen (secondary N) is 1. The maximum absolute atomic E-state index is 12.2. The highest BCUT2D eigenvalue weighted by Crippen LogP contribution is 2.24. The third kappa shape index (κ3) is 4.91. The van der Waals surface area contributed by atoms with Crippen molar-refractivity contribution >= 4 is 18.3 Å². The lowest BCUT2D eigenvalue weighted by Gasteiger charge is -2.32. The first kappa shape index (κ1) is 18.6. The van der Waals surface area contributed by atoms with Gasteiger partial charge >= 0.3 is 0 Å². The molecule has 1 rings (SSSR count). The lowest BCUT2D eigenvalue weighted by Crippen LogP contribution is -2.50. The standard InChI is InChI=1S/C13H27N3O2.ClH/c1-4-13(5-2,10-14)12(17)15-8-11-9-16(3)6-7-18-11;/h11H,4-10,14H2,1-3H3,(H,15,17);1H. The summed E-state index contributed by atoms with van der Waals surface area (Å²) in [7, 11) is 2.07. The Balaban J connectivity index is 0.00000324. The number of hydrogen-bond acceptors (Lipinski definition) is 4. The summed E-state index contributed by atoms with van der Waals surface area (Å²) in [6.07, 6.45) is 1.64. The van der Waals surface area contributed by atoms with Crippen LogP contribution in [-0.4, -0.2) is 56.7 Å². The molecule has 1 atom stereocenters. The molecular weight excluding hydrogens is 266 g/mol. The summed E-state index contributed by atoms with van der Waals surface area (Å²) in [4.78, 5) is 14.4. The van der Waals surface area contributed by atoms with Crippen LogP contribution in [0.25, 0.3) is 0 Å². The molecule has 0 bridgehead atoms. The van der Waals surface area contributed by atoms with Gasteiger partial charge in [-0.2, -0.15) is 0 Å². The van der Waals surface area contributed by atoms with E-state index < -0.39 is 5.41 Å². The number of ether oxygens (including phenoxy) is 1. The van der Waals surface area contributed by atoms with E-state index in [1.165, 1.54) is 0 Å². The second kappa shape index (κ2) is 8.74. The number of morpholine rings is 1. The normalized spacial score (nSPS) is 20.7. The zero-order valence-corrected chi connectivity index (χ0v) is 13.1. The van der Waals surface area contributed by atoms with Crippen LogP contribution in [-0.2, 0) is 9.53 Å². The van der Waals surface area contributed by atoms with Crippen molar-refractivity contribution in [3.8, 4) is 0 Å².